The van der Waals surface area contributed by atoms with Crippen LogP contribution in [0.3, 0.4) is 0 Å². The molecule has 0 spiro atoms. The first-order valence-corrected chi connectivity index (χ1v) is 8.77. The van der Waals surface area contributed by atoms with Gasteiger partial charge < -0.3 is 4.84 Å². The van der Waals surface area contributed by atoms with E-state index in [9.17, 15) is 8.42 Å². The largest absolute Gasteiger partial charge is 0.390 e. The van der Waals surface area contributed by atoms with E-state index in [1.54, 1.807) is 30.3 Å². The molecule has 128 valence electrons. The molecule has 0 bridgehead atoms. The van der Waals surface area contributed by atoms with Crippen molar-refractivity contribution in [3.05, 3.63) is 53.6 Å². The molecule has 25 heavy (non-hydrogen) atoms. The van der Waals surface area contributed by atoms with Gasteiger partial charge in [-0.3, -0.25) is 0 Å². The van der Waals surface area contributed by atoms with Gasteiger partial charge >= 0.3 is 0 Å². The van der Waals surface area contributed by atoms with Crippen molar-refractivity contribution in [2.24, 2.45) is 0 Å². The van der Waals surface area contributed by atoms with Crippen LogP contribution >= 0.6 is 0 Å². The van der Waals surface area contributed by atoms with Crippen LogP contribution in [0.1, 0.15) is 11.1 Å². The van der Waals surface area contributed by atoms with Crippen molar-refractivity contribution in [1.29, 1.82) is 5.26 Å². The standard InChI is InChI=1S/C16H15N5O3S/c1-20(2)25(22,23)14-7-8-15-16(9-14)21(19-18-15)24-11-13-6-4-3-5-12(13)10-17/h3-9H,11H2,1-2H3. The Morgan fingerprint density at radius 1 is 1.24 bits per heavy atom. The Morgan fingerprint density at radius 2 is 2.00 bits per heavy atom. The number of rotatable bonds is 5. The minimum Gasteiger partial charge on any atom is -0.390 e. The Hall–Kier alpha value is -2.96. The predicted octanol–water partition coefficient (Wildman–Crippen LogP) is 1.18. The summed E-state index contributed by atoms with van der Waals surface area (Å²) < 4.78 is 25.7. The van der Waals surface area contributed by atoms with Crippen LogP contribution in [0.25, 0.3) is 11.0 Å². The van der Waals surface area contributed by atoms with E-state index in [-0.39, 0.29) is 11.5 Å². The predicted molar refractivity (Wildman–Crippen MR) is 89.8 cm³/mol. The molecular weight excluding hydrogens is 342 g/mol. The van der Waals surface area contributed by atoms with Crippen molar-refractivity contribution >= 4 is 21.1 Å². The van der Waals surface area contributed by atoms with Crippen LogP contribution in [-0.2, 0) is 16.6 Å². The van der Waals surface area contributed by atoms with Crippen LogP contribution in [-0.4, -0.2) is 42.0 Å². The normalized spacial score (nSPS) is 11.6. The van der Waals surface area contributed by atoms with Crippen LogP contribution in [0.4, 0.5) is 0 Å². The van der Waals surface area contributed by atoms with Gasteiger partial charge in [0.2, 0.25) is 10.0 Å². The fourth-order valence-corrected chi connectivity index (χ4v) is 3.15. The fraction of sp³-hybridized carbons (Fsp3) is 0.188. The molecule has 1 aromatic heterocycles. The highest BCUT2D eigenvalue weighted by molar-refractivity contribution is 7.89. The maximum atomic E-state index is 12.3. The van der Waals surface area contributed by atoms with Gasteiger partial charge in [0.15, 0.2) is 0 Å². The van der Waals surface area contributed by atoms with Gasteiger partial charge in [-0.1, -0.05) is 23.0 Å². The van der Waals surface area contributed by atoms with E-state index >= 15 is 0 Å². The molecule has 0 fully saturated rings. The van der Waals surface area contributed by atoms with E-state index < -0.39 is 10.0 Å². The summed E-state index contributed by atoms with van der Waals surface area (Å²) in [4.78, 5) is 6.88. The molecule has 8 nitrogen and oxygen atoms in total. The zero-order valence-electron chi connectivity index (χ0n) is 13.6. The quantitative estimate of drug-likeness (QED) is 0.680. The van der Waals surface area contributed by atoms with Crippen molar-refractivity contribution in [3.8, 4) is 6.07 Å². The summed E-state index contributed by atoms with van der Waals surface area (Å²) in [5.74, 6) is 0. The van der Waals surface area contributed by atoms with Crippen molar-refractivity contribution in [2.45, 2.75) is 11.5 Å². The van der Waals surface area contributed by atoms with E-state index in [4.69, 9.17) is 10.1 Å². The van der Waals surface area contributed by atoms with E-state index in [0.717, 1.165) is 9.15 Å². The topological polar surface area (TPSA) is 101 Å². The molecular formula is C16H15N5O3S. The maximum Gasteiger partial charge on any atom is 0.242 e. The Labute approximate surface area is 144 Å². The number of benzene rings is 2. The first-order valence-electron chi connectivity index (χ1n) is 7.33. The smallest absolute Gasteiger partial charge is 0.242 e. The van der Waals surface area contributed by atoms with E-state index in [0.29, 0.717) is 22.2 Å². The van der Waals surface area contributed by atoms with Gasteiger partial charge in [-0.05, 0) is 29.5 Å². The summed E-state index contributed by atoms with van der Waals surface area (Å²) in [7, 11) is -0.650. The second kappa shape index (κ2) is 6.51. The SMILES string of the molecule is CN(C)S(=O)(=O)c1ccc2nnn(OCc3ccccc3C#N)c2c1. The van der Waals surface area contributed by atoms with Crippen molar-refractivity contribution in [2.75, 3.05) is 14.1 Å². The molecule has 0 radical (unpaired) electrons. The van der Waals surface area contributed by atoms with Gasteiger partial charge in [-0.25, -0.2) is 12.7 Å². The summed E-state index contributed by atoms with van der Waals surface area (Å²) >= 11 is 0. The first-order chi connectivity index (χ1) is 11.9. The highest BCUT2D eigenvalue weighted by atomic mass is 32.2. The number of fused-ring (bicyclic) bond motifs is 1. The number of nitriles is 1. The molecule has 0 aliphatic heterocycles. The third-order valence-corrected chi connectivity index (χ3v) is 5.46. The third kappa shape index (κ3) is 3.17. The maximum absolute atomic E-state index is 12.3. The molecule has 0 N–H and O–H groups in total. The number of nitrogens with zero attached hydrogens (tertiary/aromatic N) is 5. The molecule has 1 heterocycles. The van der Waals surface area contributed by atoms with Crippen molar-refractivity contribution in [3.63, 3.8) is 0 Å². The van der Waals surface area contributed by atoms with Crippen LogP contribution < -0.4 is 4.84 Å². The average molecular weight is 357 g/mol. The van der Waals surface area contributed by atoms with E-state index in [1.165, 1.54) is 26.2 Å². The van der Waals surface area contributed by atoms with E-state index in [1.807, 2.05) is 0 Å². The summed E-state index contributed by atoms with van der Waals surface area (Å²) in [6.07, 6.45) is 0. The summed E-state index contributed by atoms with van der Waals surface area (Å²) in [6, 6.07) is 13.6. The monoisotopic (exact) mass is 357 g/mol. The zero-order valence-corrected chi connectivity index (χ0v) is 14.4. The molecule has 0 aliphatic carbocycles. The van der Waals surface area contributed by atoms with Gasteiger partial charge in [0.05, 0.1) is 16.5 Å². The Morgan fingerprint density at radius 3 is 2.72 bits per heavy atom. The molecule has 0 amide bonds. The van der Waals surface area contributed by atoms with Gasteiger partial charge in [-0.15, -0.1) is 5.10 Å². The lowest BCUT2D eigenvalue weighted by Crippen LogP contribution is -2.22. The molecule has 9 heteroatoms. The number of aromatic nitrogens is 3. The molecule has 0 saturated carbocycles. The number of hydrogen-bond acceptors (Lipinski definition) is 6. The van der Waals surface area contributed by atoms with Crippen LogP contribution in [0.15, 0.2) is 47.4 Å². The second-order valence-electron chi connectivity index (χ2n) is 5.44. The highest BCUT2D eigenvalue weighted by Crippen LogP contribution is 2.19. The van der Waals surface area contributed by atoms with Crippen LogP contribution in [0.5, 0.6) is 0 Å². The van der Waals surface area contributed by atoms with E-state index in [2.05, 4.69) is 16.4 Å². The average Bonchev–Trinajstić information content (AvgIpc) is 3.02. The highest BCUT2D eigenvalue weighted by Gasteiger charge is 2.19. The Bertz CT molecular complexity index is 1070. The third-order valence-electron chi connectivity index (χ3n) is 3.65. The zero-order chi connectivity index (χ0) is 18.0. The van der Waals surface area contributed by atoms with Crippen molar-refractivity contribution < 1.29 is 13.3 Å². The minimum absolute atomic E-state index is 0.104. The lowest BCUT2D eigenvalue weighted by Gasteiger charge is -2.11. The summed E-state index contributed by atoms with van der Waals surface area (Å²) in [6.45, 7) is 0.104. The number of hydrogen-bond donors (Lipinski definition) is 0. The molecule has 0 unspecified atom stereocenters. The lowest BCUT2D eigenvalue weighted by atomic mass is 10.1. The minimum atomic E-state index is -3.57. The Kier molecular flexibility index (Phi) is 4.39. The molecule has 0 aliphatic rings. The molecule has 2 aromatic carbocycles. The molecule has 0 saturated heterocycles. The molecule has 0 atom stereocenters. The van der Waals surface area contributed by atoms with Gasteiger partial charge in [0.1, 0.15) is 17.6 Å². The lowest BCUT2D eigenvalue weighted by molar-refractivity contribution is 0.0750. The van der Waals surface area contributed by atoms with Gasteiger partial charge in [0, 0.05) is 19.7 Å². The number of sulfonamides is 1. The first kappa shape index (κ1) is 16.9. The molecule has 3 aromatic rings. The second-order valence-corrected chi connectivity index (χ2v) is 7.59. The fourth-order valence-electron chi connectivity index (χ4n) is 2.23. The molecule has 3 rings (SSSR count). The van der Waals surface area contributed by atoms with Gasteiger partial charge in [0.25, 0.3) is 0 Å². The Balaban J connectivity index is 1.94. The van der Waals surface area contributed by atoms with Crippen LogP contribution in [0.2, 0.25) is 0 Å². The van der Waals surface area contributed by atoms with Gasteiger partial charge in [-0.2, -0.15) is 5.26 Å². The van der Waals surface area contributed by atoms with Crippen LogP contribution in [0, 0.1) is 11.3 Å². The van der Waals surface area contributed by atoms with Crippen molar-refractivity contribution in [1.82, 2.24) is 19.5 Å². The summed E-state index contributed by atoms with van der Waals surface area (Å²) in [5, 5.41) is 17.0. The summed E-state index contributed by atoms with van der Waals surface area (Å²) in [5.41, 5.74) is 2.14.